The Labute approximate surface area is 192 Å². The zero-order chi connectivity index (χ0) is 22.5. The summed E-state index contributed by atoms with van der Waals surface area (Å²) in [6.07, 6.45) is 3.29. The summed E-state index contributed by atoms with van der Waals surface area (Å²) >= 11 is 0. The molecule has 33 heavy (non-hydrogen) atoms. The van der Waals surface area contributed by atoms with Crippen LogP contribution in [0, 0.1) is 0 Å². The summed E-state index contributed by atoms with van der Waals surface area (Å²) in [7, 11) is 0. The second-order valence-electron chi connectivity index (χ2n) is 8.46. The summed E-state index contributed by atoms with van der Waals surface area (Å²) < 4.78 is 22.3. The Bertz CT molecular complexity index is 1090. The van der Waals surface area contributed by atoms with Crippen molar-refractivity contribution in [2.24, 2.45) is 0 Å². The number of aryl methyl sites for hydroxylation is 1. The minimum atomic E-state index is -0.175. The largest absolute Gasteiger partial charge is 0.454 e. The number of aromatic nitrogens is 2. The Hall–Kier alpha value is -3.39. The van der Waals surface area contributed by atoms with Crippen LogP contribution in [0.4, 0.5) is 0 Å². The number of amides is 1. The van der Waals surface area contributed by atoms with Gasteiger partial charge in [-0.3, -0.25) is 4.79 Å². The Morgan fingerprint density at radius 3 is 2.67 bits per heavy atom. The van der Waals surface area contributed by atoms with Crippen molar-refractivity contribution in [1.29, 1.82) is 0 Å². The van der Waals surface area contributed by atoms with Crippen molar-refractivity contribution in [3.8, 4) is 23.0 Å². The average Bonchev–Trinajstić information content (AvgIpc) is 3.53. The third-order valence-electron chi connectivity index (χ3n) is 6.34. The van der Waals surface area contributed by atoms with Gasteiger partial charge in [0.1, 0.15) is 0 Å². The predicted octanol–water partition coefficient (Wildman–Crippen LogP) is 3.65. The number of hydrogen-bond donors (Lipinski definition) is 1. The van der Waals surface area contributed by atoms with Gasteiger partial charge in [0.2, 0.25) is 24.5 Å². The summed E-state index contributed by atoms with van der Waals surface area (Å²) in [5, 5.41) is 11.3. The fourth-order valence-electron chi connectivity index (χ4n) is 4.36. The molecule has 8 nitrogen and oxygen atoms in total. The number of nitrogens with one attached hydrogen (secondary N) is 1. The van der Waals surface area contributed by atoms with E-state index in [9.17, 15) is 4.79 Å². The lowest BCUT2D eigenvalue weighted by Crippen LogP contribution is -2.44. The first kappa shape index (κ1) is 21.5. The van der Waals surface area contributed by atoms with Crippen molar-refractivity contribution in [2.45, 2.75) is 37.5 Å². The molecule has 2 aliphatic rings. The van der Waals surface area contributed by atoms with E-state index in [-0.39, 0.29) is 18.1 Å². The Morgan fingerprint density at radius 2 is 1.82 bits per heavy atom. The van der Waals surface area contributed by atoms with Crippen LogP contribution >= 0.6 is 0 Å². The topological polar surface area (TPSA) is 95.7 Å². The van der Waals surface area contributed by atoms with Gasteiger partial charge in [-0.25, -0.2) is 0 Å². The van der Waals surface area contributed by atoms with Crippen LogP contribution in [0.5, 0.6) is 11.5 Å². The maximum atomic E-state index is 12.6. The molecule has 0 unspecified atom stereocenters. The number of benzene rings is 2. The van der Waals surface area contributed by atoms with Gasteiger partial charge in [0.15, 0.2) is 11.5 Å². The predicted molar refractivity (Wildman–Crippen MR) is 120 cm³/mol. The van der Waals surface area contributed by atoms with Gasteiger partial charge in [-0.2, -0.15) is 0 Å². The first-order chi connectivity index (χ1) is 16.2. The second kappa shape index (κ2) is 9.62. The number of carbonyl (C=O) groups excluding carboxylic acids is 1. The lowest BCUT2D eigenvalue weighted by atomic mass is 9.74. The van der Waals surface area contributed by atoms with Crippen molar-refractivity contribution in [1.82, 2.24) is 15.5 Å². The monoisotopic (exact) mass is 449 g/mol. The highest BCUT2D eigenvalue weighted by Gasteiger charge is 2.36. The lowest BCUT2D eigenvalue weighted by Gasteiger charge is -2.38. The molecule has 0 radical (unpaired) electrons. The molecule has 0 spiro atoms. The van der Waals surface area contributed by atoms with E-state index in [1.807, 2.05) is 42.5 Å². The molecule has 0 atom stereocenters. The fourth-order valence-corrected chi connectivity index (χ4v) is 4.36. The molecule has 3 heterocycles. The molecule has 1 fully saturated rings. The smallest absolute Gasteiger partial charge is 0.247 e. The summed E-state index contributed by atoms with van der Waals surface area (Å²) in [5.41, 5.74) is 1.86. The van der Waals surface area contributed by atoms with Gasteiger partial charge in [0.25, 0.3) is 0 Å². The zero-order valence-electron chi connectivity index (χ0n) is 18.4. The van der Waals surface area contributed by atoms with Crippen LogP contribution < -0.4 is 14.8 Å². The molecule has 2 aromatic carbocycles. The average molecular weight is 450 g/mol. The first-order valence-corrected chi connectivity index (χ1v) is 11.3. The highest BCUT2D eigenvalue weighted by molar-refractivity contribution is 5.76. The molecule has 0 saturated carbocycles. The molecule has 2 aliphatic heterocycles. The van der Waals surface area contributed by atoms with Crippen LogP contribution in [-0.2, 0) is 21.4 Å². The second-order valence-corrected chi connectivity index (χ2v) is 8.46. The normalized spacial score (nSPS) is 16.5. The maximum absolute atomic E-state index is 12.6. The number of rotatable bonds is 8. The van der Waals surface area contributed by atoms with Crippen molar-refractivity contribution in [2.75, 3.05) is 26.6 Å². The van der Waals surface area contributed by atoms with Gasteiger partial charge in [0.05, 0.1) is 0 Å². The van der Waals surface area contributed by atoms with Crippen LogP contribution in [0.3, 0.4) is 0 Å². The van der Waals surface area contributed by atoms with Crippen molar-refractivity contribution in [3.63, 3.8) is 0 Å². The number of nitrogens with zero attached hydrogens (tertiary/aromatic N) is 2. The molecule has 1 amide bonds. The van der Waals surface area contributed by atoms with E-state index < -0.39 is 0 Å². The minimum Gasteiger partial charge on any atom is -0.454 e. The number of fused-ring (bicyclic) bond motifs is 1. The number of carbonyl (C=O) groups is 1. The van der Waals surface area contributed by atoms with E-state index in [0.717, 1.165) is 35.5 Å². The SMILES string of the molecule is O=C(CCCc1nnc(-c2ccccc2)o1)NCC1(c2ccc3c(c2)OCO3)CCOCC1. The van der Waals surface area contributed by atoms with E-state index in [0.29, 0.717) is 50.8 Å². The highest BCUT2D eigenvalue weighted by atomic mass is 16.7. The van der Waals surface area contributed by atoms with Crippen LogP contribution in [0.2, 0.25) is 0 Å². The third kappa shape index (κ3) is 4.85. The molecule has 1 saturated heterocycles. The molecular weight excluding hydrogens is 422 g/mol. The molecule has 1 N–H and O–H groups in total. The zero-order valence-corrected chi connectivity index (χ0v) is 18.4. The number of hydrogen-bond acceptors (Lipinski definition) is 7. The van der Waals surface area contributed by atoms with Crippen molar-refractivity contribution < 1.29 is 23.4 Å². The summed E-state index contributed by atoms with van der Waals surface area (Å²) in [5.74, 6) is 2.59. The van der Waals surface area contributed by atoms with E-state index in [2.05, 4.69) is 21.6 Å². The molecule has 0 bridgehead atoms. The first-order valence-electron chi connectivity index (χ1n) is 11.3. The molecular formula is C25H27N3O5. The van der Waals surface area contributed by atoms with Crippen LogP contribution in [0.15, 0.2) is 52.9 Å². The molecule has 172 valence electrons. The third-order valence-corrected chi connectivity index (χ3v) is 6.34. The maximum Gasteiger partial charge on any atom is 0.247 e. The molecule has 1 aromatic heterocycles. The standard InChI is InChI=1S/C25H27N3O5/c29-22(7-4-8-23-27-28-24(33-23)18-5-2-1-3-6-18)26-16-25(11-13-30-14-12-25)19-9-10-20-21(15-19)32-17-31-20/h1-3,5-6,9-10,15H,4,7-8,11-14,16-17H2,(H,26,29). The summed E-state index contributed by atoms with van der Waals surface area (Å²) in [6.45, 7) is 2.16. The Kier molecular flexibility index (Phi) is 6.26. The van der Waals surface area contributed by atoms with E-state index >= 15 is 0 Å². The quantitative estimate of drug-likeness (QED) is 0.561. The summed E-state index contributed by atoms with van der Waals surface area (Å²) in [6, 6.07) is 15.7. The number of ether oxygens (including phenoxy) is 3. The van der Waals surface area contributed by atoms with Crippen LogP contribution in [0.25, 0.3) is 11.5 Å². The molecule has 8 heteroatoms. The van der Waals surface area contributed by atoms with Gasteiger partial charge in [-0.05, 0) is 49.1 Å². The lowest BCUT2D eigenvalue weighted by molar-refractivity contribution is -0.121. The van der Waals surface area contributed by atoms with Crippen molar-refractivity contribution >= 4 is 5.91 Å². The van der Waals surface area contributed by atoms with Crippen molar-refractivity contribution in [3.05, 3.63) is 60.0 Å². The Morgan fingerprint density at radius 1 is 1.00 bits per heavy atom. The van der Waals surface area contributed by atoms with Gasteiger partial charge in [-0.1, -0.05) is 24.3 Å². The molecule has 5 rings (SSSR count). The Balaban J connectivity index is 1.15. The molecule has 0 aliphatic carbocycles. The van der Waals surface area contributed by atoms with Gasteiger partial charge < -0.3 is 23.9 Å². The minimum absolute atomic E-state index is 0.0180. The molecule has 3 aromatic rings. The van der Waals surface area contributed by atoms with E-state index in [1.54, 1.807) is 0 Å². The fraction of sp³-hybridized carbons (Fsp3) is 0.400. The van der Waals surface area contributed by atoms with Gasteiger partial charge in [0, 0.05) is 43.6 Å². The van der Waals surface area contributed by atoms with Gasteiger partial charge >= 0.3 is 0 Å². The van der Waals surface area contributed by atoms with E-state index in [1.165, 1.54) is 0 Å². The highest BCUT2D eigenvalue weighted by Crippen LogP contribution is 2.40. The van der Waals surface area contributed by atoms with E-state index in [4.69, 9.17) is 18.6 Å². The van der Waals surface area contributed by atoms with Crippen LogP contribution in [0.1, 0.15) is 37.1 Å². The van der Waals surface area contributed by atoms with Crippen LogP contribution in [-0.4, -0.2) is 42.7 Å². The summed E-state index contributed by atoms with van der Waals surface area (Å²) in [4.78, 5) is 12.6. The van der Waals surface area contributed by atoms with Gasteiger partial charge in [-0.15, -0.1) is 10.2 Å².